The molecule has 0 amide bonds. The van der Waals surface area contributed by atoms with Crippen LogP contribution in [0, 0.1) is 0 Å². The molecule has 0 bridgehead atoms. The van der Waals surface area contributed by atoms with Gasteiger partial charge in [-0.05, 0) is 12.8 Å². The Bertz CT molecular complexity index is 348. The van der Waals surface area contributed by atoms with Gasteiger partial charge in [0.2, 0.25) is 0 Å². The Morgan fingerprint density at radius 1 is 1.06 bits per heavy atom. The standard InChI is InChI=1S/C11H14O6/c12-10(13)3-9(11(14)15)6(1-7-4-16-7)2-8-5-17-8/h7-8H,1-5H2,(H,12,13)(H,14,15). The number of carbonyl (C=O) groups is 2. The number of hydrogen-bond acceptors (Lipinski definition) is 4. The highest BCUT2D eigenvalue weighted by atomic mass is 16.6. The summed E-state index contributed by atoms with van der Waals surface area (Å²) in [5.74, 6) is -2.29. The number of ether oxygens (including phenoxy) is 2. The lowest BCUT2D eigenvalue weighted by atomic mass is 9.96. The lowest BCUT2D eigenvalue weighted by molar-refractivity contribution is -0.139. The third-order valence-electron chi connectivity index (χ3n) is 2.77. The van der Waals surface area contributed by atoms with Crippen LogP contribution >= 0.6 is 0 Å². The Morgan fingerprint density at radius 2 is 1.53 bits per heavy atom. The van der Waals surface area contributed by atoms with Crippen molar-refractivity contribution in [1.29, 1.82) is 0 Å². The van der Waals surface area contributed by atoms with E-state index in [9.17, 15) is 9.59 Å². The summed E-state index contributed by atoms with van der Waals surface area (Å²) < 4.78 is 10.1. The highest BCUT2D eigenvalue weighted by Crippen LogP contribution is 2.30. The molecule has 2 saturated heterocycles. The molecule has 0 aliphatic carbocycles. The molecule has 0 radical (unpaired) electrons. The van der Waals surface area contributed by atoms with Crippen molar-refractivity contribution in [3.63, 3.8) is 0 Å². The number of aliphatic carboxylic acids is 2. The number of rotatable bonds is 7. The summed E-state index contributed by atoms with van der Waals surface area (Å²) in [6.07, 6.45) is 0.631. The smallest absolute Gasteiger partial charge is 0.332 e. The zero-order chi connectivity index (χ0) is 12.4. The predicted molar refractivity (Wildman–Crippen MR) is 55.6 cm³/mol. The topological polar surface area (TPSA) is 99.7 Å². The quantitative estimate of drug-likeness (QED) is 0.495. The minimum absolute atomic E-state index is 0.0245. The van der Waals surface area contributed by atoms with Crippen LogP contribution in [0.1, 0.15) is 19.3 Å². The van der Waals surface area contributed by atoms with Crippen LogP contribution in [-0.4, -0.2) is 47.6 Å². The van der Waals surface area contributed by atoms with Gasteiger partial charge in [0, 0.05) is 5.57 Å². The fraction of sp³-hybridized carbons (Fsp3) is 0.636. The van der Waals surface area contributed by atoms with Gasteiger partial charge in [0.1, 0.15) is 0 Å². The third kappa shape index (κ3) is 3.83. The summed E-state index contributed by atoms with van der Waals surface area (Å²) in [6, 6.07) is 0. The minimum Gasteiger partial charge on any atom is -0.481 e. The van der Waals surface area contributed by atoms with Crippen LogP contribution < -0.4 is 0 Å². The minimum atomic E-state index is -1.16. The Labute approximate surface area is 97.8 Å². The monoisotopic (exact) mass is 242 g/mol. The second-order valence-electron chi connectivity index (χ2n) is 4.28. The molecule has 2 N–H and O–H groups in total. The first kappa shape index (κ1) is 12.1. The highest BCUT2D eigenvalue weighted by molar-refractivity contribution is 5.92. The number of carboxylic acid groups (broad SMARTS) is 2. The van der Waals surface area contributed by atoms with Crippen LogP contribution in [0.3, 0.4) is 0 Å². The zero-order valence-corrected chi connectivity index (χ0v) is 9.22. The Hall–Kier alpha value is -1.40. The summed E-state index contributed by atoms with van der Waals surface area (Å²) in [5.41, 5.74) is 0.619. The van der Waals surface area contributed by atoms with Gasteiger partial charge < -0.3 is 19.7 Å². The molecule has 2 atom stereocenters. The van der Waals surface area contributed by atoms with E-state index in [2.05, 4.69) is 0 Å². The summed E-state index contributed by atoms with van der Waals surface area (Å²) in [5, 5.41) is 17.8. The molecule has 0 saturated carbocycles. The van der Waals surface area contributed by atoms with Crippen molar-refractivity contribution < 1.29 is 29.3 Å². The van der Waals surface area contributed by atoms with Crippen molar-refractivity contribution >= 4 is 11.9 Å². The Morgan fingerprint density at radius 3 is 1.82 bits per heavy atom. The molecular formula is C11H14O6. The van der Waals surface area contributed by atoms with Crippen LogP contribution in [0.2, 0.25) is 0 Å². The van der Waals surface area contributed by atoms with Crippen LogP contribution in [0.15, 0.2) is 11.1 Å². The molecule has 2 fully saturated rings. The van der Waals surface area contributed by atoms with Crippen molar-refractivity contribution in [2.24, 2.45) is 0 Å². The maximum atomic E-state index is 11.1. The normalized spacial score (nSPS) is 25.2. The van der Waals surface area contributed by atoms with Gasteiger partial charge in [-0.15, -0.1) is 0 Å². The molecule has 0 aromatic rings. The first-order valence-electron chi connectivity index (χ1n) is 5.45. The van der Waals surface area contributed by atoms with Crippen LogP contribution in [0.5, 0.6) is 0 Å². The summed E-state index contributed by atoms with van der Waals surface area (Å²) in [7, 11) is 0. The van der Waals surface area contributed by atoms with E-state index in [4.69, 9.17) is 19.7 Å². The van der Waals surface area contributed by atoms with E-state index in [1.807, 2.05) is 0 Å². The van der Waals surface area contributed by atoms with E-state index in [0.717, 1.165) is 0 Å². The highest BCUT2D eigenvalue weighted by Gasteiger charge is 2.32. The van der Waals surface area contributed by atoms with E-state index in [0.29, 0.717) is 31.6 Å². The van der Waals surface area contributed by atoms with Gasteiger partial charge in [0.15, 0.2) is 0 Å². The molecule has 2 unspecified atom stereocenters. The van der Waals surface area contributed by atoms with Crippen molar-refractivity contribution in [1.82, 2.24) is 0 Å². The first-order chi connectivity index (χ1) is 8.06. The Balaban J connectivity index is 2.13. The van der Waals surface area contributed by atoms with E-state index >= 15 is 0 Å². The molecular weight excluding hydrogens is 228 g/mol. The molecule has 2 aliphatic rings. The second kappa shape index (κ2) is 4.85. The van der Waals surface area contributed by atoms with Crippen LogP contribution in [0.4, 0.5) is 0 Å². The summed E-state index contributed by atoms with van der Waals surface area (Å²) in [6.45, 7) is 1.24. The lowest BCUT2D eigenvalue weighted by Crippen LogP contribution is -2.12. The van der Waals surface area contributed by atoms with Gasteiger partial charge in [-0.25, -0.2) is 4.79 Å². The molecule has 2 heterocycles. The van der Waals surface area contributed by atoms with Gasteiger partial charge in [-0.1, -0.05) is 5.57 Å². The van der Waals surface area contributed by atoms with Gasteiger partial charge in [-0.3, -0.25) is 4.79 Å². The zero-order valence-electron chi connectivity index (χ0n) is 9.22. The number of epoxide rings is 2. The van der Waals surface area contributed by atoms with Gasteiger partial charge in [0.25, 0.3) is 0 Å². The number of carboxylic acids is 2. The molecule has 2 aliphatic heterocycles. The molecule has 2 rings (SSSR count). The van der Waals surface area contributed by atoms with Crippen molar-refractivity contribution in [2.45, 2.75) is 31.5 Å². The lowest BCUT2D eigenvalue weighted by Gasteiger charge is -2.09. The molecule has 0 aromatic carbocycles. The summed E-state index contributed by atoms with van der Waals surface area (Å²) >= 11 is 0. The fourth-order valence-corrected chi connectivity index (χ4v) is 1.75. The maximum Gasteiger partial charge on any atom is 0.332 e. The van der Waals surface area contributed by atoms with Crippen LogP contribution in [-0.2, 0) is 19.1 Å². The number of hydrogen-bond donors (Lipinski definition) is 2. The van der Waals surface area contributed by atoms with Crippen LogP contribution in [0.25, 0.3) is 0 Å². The predicted octanol–water partition coefficient (Wildman–Crippen LogP) is 0.420. The average Bonchev–Trinajstić information content (AvgIpc) is 3.06. The van der Waals surface area contributed by atoms with Crippen molar-refractivity contribution in [3.8, 4) is 0 Å². The molecule has 0 aromatic heterocycles. The fourth-order valence-electron chi connectivity index (χ4n) is 1.75. The van der Waals surface area contributed by atoms with Crippen molar-refractivity contribution in [3.05, 3.63) is 11.1 Å². The average molecular weight is 242 g/mol. The molecule has 17 heavy (non-hydrogen) atoms. The second-order valence-corrected chi connectivity index (χ2v) is 4.28. The SMILES string of the molecule is O=C(O)CC(C(=O)O)=C(CC1CO1)CC1CO1. The first-order valence-corrected chi connectivity index (χ1v) is 5.45. The molecule has 6 nitrogen and oxygen atoms in total. The van der Waals surface area contributed by atoms with E-state index in [-0.39, 0.29) is 17.8 Å². The van der Waals surface area contributed by atoms with Gasteiger partial charge in [0.05, 0.1) is 31.8 Å². The van der Waals surface area contributed by atoms with Crippen molar-refractivity contribution in [2.75, 3.05) is 13.2 Å². The van der Waals surface area contributed by atoms with Gasteiger partial charge in [-0.2, -0.15) is 0 Å². The van der Waals surface area contributed by atoms with E-state index in [1.54, 1.807) is 0 Å². The third-order valence-corrected chi connectivity index (χ3v) is 2.77. The maximum absolute atomic E-state index is 11.1. The largest absolute Gasteiger partial charge is 0.481 e. The molecule has 0 spiro atoms. The van der Waals surface area contributed by atoms with E-state index < -0.39 is 18.4 Å². The van der Waals surface area contributed by atoms with E-state index in [1.165, 1.54) is 0 Å². The van der Waals surface area contributed by atoms with Gasteiger partial charge >= 0.3 is 11.9 Å². The molecule has 6 heteroatoms. The molecule has 94 valence electrons. The summed E-state index contributed by atoms with van der Waals surface area (Å²) in [4.78, 5) is 21.7. The Kier molecular flexibility index (Phi) is 3.44.